The molecule has 1 aromatic heterocycles. The molecule has 1 heterocycles. The van der Waals surface area contributed by atoms with E-state index in [4.69, 9.17) is 0 Å². The Hall–Kier alpha value is -2.02. The first-order chi connectivity index (χ1) is 9.50. The molecule has 7 heteroatoms. The van der Waals surface area contributed by atoms with Crippen molar-refractivity contribution in [2.24, 2.45) is 0 Å². The van der Waals surface area contributed by atoms with Gasteiger partial charge in [-0.1, -0.05) is 0 Å². The maximum atomic E-state index is 11.4. The molecule has 20 heavy (non-hydrogen) atoms. The minimum atomic E-state index is -3.22. The number of hydrogen-bond acceptors (Lipinski definition) is 4. The Labute approximate surface area is 118 Å². The van der Waals surface area contributed by atoms with Gasteiger partial charge in [-0.2, -0.15) is 5.10 Å². The Bertz CT molecular complexity index is 662. The molecule has 0 atom stereocenters. The summed E-state index contributed by atoms with van der Waals surface area (Å²) in [6.07, 6.45) is 1.78. The fraction of sp³-hybridized carbons (Fsp3) is 0.308. The van der Waals surface area contributed by atoms with Crippen LogP contribution in [0.1, 0.15) is 18.2 Å². The van der Waals surface area contributed by atoms with Crippen molar-refractivity contribution in [1.29, 1.82) is 0 Å². The van der Waals surface area contributed by atoms with Crippen LogP contribution in [0.5, 0.6) is 0 Å². The average molecular weight is 294 g/mol. The minimum Gasteiger partial charge on any atom is -0.381 e. The van der Waals surface area contributed by atoms with Crippen LogP contribution in [-0.2, 0) is 16.6 Å². The van der Waals surface area contributed by atoms with Crippen LogP contribution in [0.3, 0.4) is 0 Å². The second kappa shape index (κ2) is 5.96. The number of aromatic nitrogens is 2. The molecular formula is C13H18N4O2S. The number of anilines is 2. The van der Waals surface area contributed by atoms with Crippen molar-refractivity contribution in [1.82, 2.24) is 10.2 Å². The van der Waals surface area contributed by atoms with Crippen LogP contribution in [0.2, 0.25) is 0 Å². The Morgan fingerprint density at radius 1 is 1.20 bits per heavy atom. The summed E-state index contributed by atoms with van der Waals surface area (Å²) in [6.45, 7) is 4.24. The van der Waals surface area contributed by atoms with E-state index in [2.05, 4.69) is 20.2 Å². The van der Waals surface area contributed by atoms with Gasteiger partial charge in [0.15, 0.2) is 0 Å². The van der Waals surface area contributed by atoms with Crippen LogP contribution in [0.25, 0.3) is 0 Å². The predicted molar refractivity (Wildman–Crippen MR) is 80.2 cm³/mol. The largest absolute Gasteiger partial charge is 0.381 e. The van der Waals surface area contributed by atoms with E-state index in [-0.39, 0.29) is 5.75 Å². The molecule has 0 spiro atoms. The topological polar surface area (TPSA) is 86.9 Å². The molecule has 0 saturated carbocycles. The monoisotopic (exact) mass is 294 g/mol. The van der Waals surface area contributed by atoms with Gasteiger partial charge in [-0.25, -0.2) is 8.42 Å². The van der Waals surface area contributed by atoms with Crippen LogP contribution in [0.15, 0.2) is 30.5 Å². The molecule has 1 aromatic carbocycles. The van der Waals surface area contributed by atoms with E-state index in [0.717, 1.165) is 16.9 Å². The zero-order chi connectivity index (χ0) is 14.6. The van der Waals surface area contributed by atoms with Crippen LogP contribution in [-0.4, -0.2) is 24.4 Å². The second-order valence-electron chi connectivity index (χ2n) is 4.46. The number of aryl methyl sites for hydroxylation is 1. The Morgan fingerprint density at radius 2 is 1.85 bits per heavy atom. The molecule has 0 bridgehead atoms. The average Bonchev–Trinajstić information content (AvgIpc) is 2.83. The molecule has 0 saturated heterocycles. The number of benzene rings is 1. The van der Waals surface area contributed by atoms with Crippen LogP contribution in [0, 0.1) is 6.92 Å². The van der Waals surface area contributed by atoms with E-state index in [0.29, 0.717) is 12.2 Å². The molecule has 0 unspecified atom stereocenters. The molecule has 2 rings (SSSR count). The molecule has 0 fully saturated rings. The number of nitrogens with one attached hydrogen (secondary N) is 3. The third-order valence-electron chi connectivity index (χ3n) is 2.96. The first-order valence-electron chi connectivity index (χ1n) is 6.33. The summed E-state index contributed by atoms with van der Waals surface area (Å²) in [5.41, 5.74) is 3.62. The summed E-state index contributed by atoms with van der Waals surface area (Å²) < 4.78 is 25.4. The molecule has 0 aliphatic heterocycles. The van der Waals surface area contributed by atoms with Gasteiger partial charge in [-0.3, -0.25) is 9.82 Å². The number of sulfonamides is 1. The fourth-order valence-electron chi connectivity index (χ4n) is 1.66. The van der Waals surface area contributed by atoms with Crippen molar-refractivity contribution in [3.63, 3.8) is 0 Å². The second-order valence-corrected chi connectivity index (χ2v) is 6.47. The summed E-state index contributed by atoms with van der Waals surface area (Å²) >= 11 is 0. The minimum absolute atomic E-state index is 0.0623. The molecule has 6 nitrogen and oxygen atoms in total. The van der Waals surface area contributed by atoms with Gasteiger partial charge in [0.1, 0.15) is 0 Å². The van der Waals surface area contributed by atoms with Crippen molar-refractivity contribution < 1.29 is 8.42 Å². The number of H-pyrrole nitrogens is 1. The molecule has 0 aliphatic carbocycles. The highest BCUT2D eigenvalue weighted by atomic mass is 32.2. The van der Waals surface area contributed by atoms with Crippen molar-refractivity contribution in [3.05, 3.63) is 41.7 Å². The molecule has 0 radical (unpaired) electrons. The number of rotatable bonds is 6. The van der Waals surface area contributed by atoms with Gasteiger partial charge in [0, 0.05) is 29.2 Å². The lowest BCUT2D eigenvalue weighted by Crippen LogP contribution is -2.14. The lowest BCUT2D eigenvalue weighted by atomic mass is 10.2. The van der Waals surface area contributed by atoms with E-state index in [9.17, 15) is 8.42 Å². The summed E-state index contributed by atoms with van der Waals surface area (Å²) in [7, 11) is -3.22. The Kier molecular flexibility index (Phi) is 4.29. The van der Waals surface area contributed by atoms with Crippen LogP contribution >= 0.6 is 0 Å². The lowest BCUT2D eigenvalue weighted by molar-refractivity contribution is 0.602. The maximum Gasteiger partial charge on any atom is 0.232 e. The van der Waals surface area contributed by atoms with E-state index in [1.807, 2.05) is 19.1 Å². The Morgan fingerprint density at radius 3 is 2.40 bits per heavy atom. The fourth-order valence-corrected chi connectivity index (χ4v) is 2.30. The maximum absolute atomic E-state index is 11.4. The summed E-state index contributed by atoms with van der Waals surface area (Å²) in [4.78, 5) is 0. The van der Waals surface area contributed by atoms with Gasteiger partial charge in [-0.05, 0) is 38.1 Å². The quantitative estimate of drug-likeness (QED) is 0.761. The SMILES string of the molecule is CCS(=O)(=O)Nc1ccc(NCc2cn[nH]c2C)cc1. The molecule has 108 valence electrons. The first-order valence-corrected chi connectivity index (χ1v) is 7.98. The van der Waals surface area contributed by atoms with Gasteiger partial charge in [0.25, 0.3) is 0 Å². The smallest absolute Gasteiger partial charge is 0.232 e. The molecular weight excluding hydrogens is 276 g/mol. The molecule has 2 aromatic rings. The normalized spacial score (nSPS) is 11.3. The lowest BCUT2D eigenvalue weighted by Gasteiger charge is -2.08. The summed E-state index contributed by atoms with van der Waals surface area (Å²) in [5.74, 6) is 0.0623. The summed E-state index contributed by atoms with van der Waals surface area (Å²) in [5, 5.41) is 10.1. The zero-order valence-corrected chi connectivity index (χ0v) is 12.3. The van der Waals surface area contributed by atoms with Gasteiger partial charge in [-0.15, -0.1) is 0 Å². The van der Waals surface area contributed by atoms with Gasteiger partial charge in [0.2, 0.25) is 10.0 Å². The first kappa shape index (κ1) is 14.4. The standard InChI is InChI=1S/C13H18N4O2S/c1-3-20(18,19)17-13-6-4-12(5-7-13)14-8-11-9-15-16-10(11)2/h4-7,9,14,17H,3,8H2,1-2H3,(H,15,16). The molecule has 0 aliphatic rings. The molecule has 3 N–H and O–H groups in total. The highest BCUT2D eigenvalue weighted by molar-refractivity contribution is 7.92. The number of aromatic amines is 1. The number of nitrogens with zero attached hydrogens (tertiary/aromatic N) is 1. The van der Waals surface area contributed by atoms with E-state index in [1.54, 1.807) is 25.3 Å². The Balaban J connectivity index is 1.97. The number of hydrogen-bond donors (Lipinski definition) is 3. The zero-order valence-electron chi connectivity index (χ0n) is 11.5. The van der Waals surface area contributed by atoms with E-state index < -0.39 is 10.0 Å². The molecule has 0 amide bonds. The third kappa shape index (κ3) is 3.74. The predicted octanol–water partition coefficient (Wildman–Crippen LogP) is 2.09. The van der Waals surface area contributed by atoms with Gasteiger partial charge in [0.05, 0.1) is 11.9 Å². The van der Waals surface area contributed by atoms with E-state index in [1.165, 1.54) is 0 Å². The van der Waals surface area contributed by atoms with Crippen molar-refractivity contribution in [2.45, 2.75) is 20.4 Å². The van der Waals surface area contributed by atoms with Crippen molar-refractivity contribution in [3.8, 4) is 0 Å². The highest BCUT2D eigenvalue weighted by Crippen LogP contribution is 2.16. The third-order valence-corrected chi connectivity index (χ3v) is 4.26. The van der Waals surface area contributed by atoms with Crippen LogP contribution < -0.4 is 10.0 Å². The van der Waals surface area contributed by atoms with E-state index >= 15 is 0 Å². The van der Waals surface area contributed by atoms with Crippen LogP contribution in [0.4, 0.5) is 11.4 Å². The van der Waals surface area contributed by atoms with Crippen molar-refractivity contribution >= 4 is 21.4 Å². The van der Waals surface area contributed by atoms with Gasteiger partial charge < -0.3 is 5.32 Å². The van der Waals surface area contributed by atoms with Gasteiger partial charge >= 0.3 is 0 Å². The van der Waals surface area contributed by atoms with Crippen molar-refractivity contribution in [2.75, 3.05) is 15.8 Å². The summed E-state index contributed by atoms with van der Waals surface area (Å²) in [6, 6.07) is 7.14. The highest BCUT2D eigenvalue weighted by Gasteiger charge is 2.06.